The Balaban J connectivity index is 1.34. The Morgan fingerprint density at radius 1 is 0.591 bits per heavy atom. The van der Waals surface area contributed by atoms with Gasteiger partial charge in [0.15, 0.2) is 0 Å². The minimum atomic E-state index is -0.205. The molecule has 0 spiro atoms. The van der Waals surface area contributed by atoms with E-state index in [9.17, 15) is 4.79 Å². The van der Waals surface area contributed by atoms with Crippen LogP contribution in [0.4, 0.5) is 17.1 Å². The van der Waals surface area contributed by atoms with E-state index in [1.54, 1.807) is 0 Å². The summed E-state index contributed by atoms with van der Waals surface area (Å²) in [4.78, 5) is 14.2. The van der Waals surface area contributed by atoms with Crippen molar-refractivity contribution in [1.29, 1.82) is 0 Å². The first-order chi connectivity index (χ1) is 21.4. The average molecular weight is 580 g/mol. The van der Waals surface area contributed by atoms with E-state index in [0.717, 1.165) is 29.9 Å². The zero-order valence-electron chi connectivity index (χ0n) is 26.1. The normalized spacial score (nSPS) is 14.2. The quantitative estimate of drug-likeness (QED) is 0.135. The Kier molecular flexibility index (Phi) is 8.65. The van der Waals surface area contributed by atoms with Crippen LogP contribution >= 0.6 is 0 Å². The molecule has 0 heterocycles. The number of carbonyl (C=O) groups excluding carboxylic acids is 1. The number of nitrogens with zero attached hydrogens (tertiary/aromatic N) is 1. The van der Waals surface area contributed by atoms with E-state index in [0.29, 0.717) is 12.2 Å². The van der Waals surface area contributed by atoms with Crippen LogP contribution in [-0.2, 0) is 10.2 Å². The average Bonchev–Trinajstić information content (AvgIpc) is 3.07. The van der Waals surface area contributed by atoms with E-state index in [1.165, 1.54) is 52.6 Å². The van der Waals surface area contributed by atoms with Crippen LogP contribution in [0.5, 0.6) is 5.75 Å². The highest BCUT2D eigenvalue weighted by Gasteiger charge is 2.35. The second-order valence-electron chi connectivity index (χ2n) is 12.1. The fraction of sp³-hybridized carbons (Fsp3) is 0.244. The van der Waals surface area contributed by atoms with Crippen molar-refractivity contribution < 1.29 is 9.53 Å². The Morgan fingerprint density at radius 2 is 1.00 bits per heavy atom. The van der Waals surface area contributed by atoms with E-state index in [1.807, 2.05) is 19.1 Å². The predicted molar refractivity (Wildman–Crippen MR) is 182 cm³/mol. The summed E-state index contributed by atoms with van der Waals surface area (Å²) in [5, 5.41) is 0. The summed E-state index contributed by atoms with van der Waals surface area (Å²) in [7, 11) is 0. The highest BCUT2D eigenvalue weighted by Crippen LogP contribution is 2.46. The van der Waals surface area contributed by atoms with Gasteiger partial charge in [-0.3, -0.25) is 4.79 Å². The molecule has 0 aromatic heterocycles. The predicted octanol–water partition coefficient (Wildman–Crippen LogP) is 11.0. The summed E-state index contributed by atoms with van der Waals surface area (Å²) in [6, 6.07) is 43.8. The maximum atomic E-state index is 11.8. The number of hydrogen-bond acceptors (Lipinski definition) is 3. The molecule has 1 fully saturated rings. The molecule has 3 heteroatoms. The van der Waals surface area contributed by atoms with Crippen molar-refractivity contribution >= 4 is 23.0 Å². The lowest BCUT2D eigenvalue weighted by molar-refractivity contribution is -0.134. The Bertz CT molecular complexity index is 1680. The molecule has 5 aromatic carbocycles. The van der Waals surface area contributed by atoms with Crippen LogP contribution in [0.3, 0.4) is 0 Å². The van der Waals surface area contributed by atoms with Crippen molar-refractivity contribution in [1.82, 2.24) is 0 Å². The van der Waals surface area contributed by atoms with E-state index in [-0.39, 0.29) is 11.4 Å². The van der Waals surface area contributed by atoms with Crippen molar-refractivity contribution in [2.45, 2.75) is 64.7 Å². The minimum absolute atomic E-state index is 0.0472. The van der Waals surface area contributed by atoms with Crippen molar-refractivity contribution in [3.63, 3.8) is 0 Å². The molecule has 1 aliphatic carbocycles. The third-order valence-corrected chi connectivity index (χ3v) is 9.12. The molecule has 0 bridgehead atoms. The summed E-state index contributed by atoms with van der Waals surface area (Å²) < 4.78 is 5.47. The standard InChI is InChI=1S/C41H41NO2/c1-4-40(43)44-39-26-18-35(19-27-39)41(28-6-5-7-29-41)34-16-24-38(25-17-34)42(36-20-10-31(3)11-21-36)37-22-14-33(15-23-37)32-12-8-30(2)9-13-32/h8-27H,4-7,28-29H2,1-3H3. The zero-order chi connectivity index (χ0) is 30.5. The van der Waals surface area contributed by atoms with E-state index < -0.39 is 0 Å². The smallest absolute Gasteiger partial charge is 0.310 e. The molecule has 6 rings (SSSR count). The molecule has 0 atom stereocenters. The lowest BCUT2D eigenvalue weighted by atomic mass is 9.65. The van der Waals surface area contributed by atoms with Gasteiger partial charge in [-0.2, -0.15) is 0 Å². The minimum Gasteiger partial charge on any atom is -0.427 e. The van der Waals surface area contributed by atoms with Gasteiger partial charge in [0, 0.05) is 28.9 Å². The summed E-state index contributed by atoms with van der Waals surface area (Å²) >= 11 is 0. The van der Waals surface area contributed by atoms with Crippen LogP contribution in [0.15, 0.2) is 121 Å². The number of esters is 1. The Hall–Kier alpha value is -4.63. The third-order valence-electron chi connectivity index (χ3n) is 9.12. The Labute approximate surface area is 262 Å². The number of ether oxygens (including phenoxy) is 1. The van der Waals surface area contributed by atoms with Crippen molar-refractivity contribution in [2.24, 2.45) is 0 Å². The monoisotopic (exact) mass is 579 g/mol. The molecule has 0 N–H and O–H groups in total. The van der Waals surface area contributed by atoms with Gasteiger partial charge in [0.2, 0.25) is 0 Å². The highest BCUT2D eigenvalue weighted by molar-refractivity contribution is 5.78. The van der Waals surface area contributed by atoms with E-state index in [2.05, 4.69) is 128 Å². The molecule has 0 amide bonds. The fourth-order valence-corrected chi connectivity index (χ4v) is 6.56. The van der Waals surface area contributed by atoms with Crippen molar-refractivity contribution in [3.8, 4) is 16.9 Å². The SMILES string of the molecule is CCC(=O)Oc1ccc(C2(c3ccc(N(c4ccc(C)cc4)c4ccc(-c5ccc(C)cc5)cc4)cc3)CCCCC2)cc1. The first kappa shape index (κ1) is 29.4. The van der Waals surface area contributed by atoms with Crippen LogP contribution in [-0.4, -0.2) is 5.97 Å². The van der Waals surface area contributed by atoms with Gasteiger partial charge in [-0.05, 0) is 97.5 Å². The molecule has 0 aliphatic heterocycles. The molecule has 3 nitrogen and oxygen atoms in total. The molecule has 0 radical (unpaired) electrons. The van der Waals surface area contributed by atoms with Crippen LogP contribution < -0.4 is 9.64 Å². The van der Waals surface area contributed by atoms with Gasteiger partial charge in [0.05, 0.1) is 0 Å². The number of hydrogen-bond donors (Lipinski definition) is 0. The molecule has 5 aromatic rings. The summed E-state index contributed by atoms with van der Waals surface area (Å²) in [5.74, 6) is 0.410. The van der Waals surface area contributed by atoms with Gasteiger partial charge in [-0.1, -0.05) is 110 Å². The summed E-state index contributed by atoms with van der Waals surface area (Å²) in [5.41, 5.74) is 10.9. The Morgan fingerprint density at radius 3 is 1.50 bits per heavy atom. The first-order valence-corrected chi connectivity index (χ1v) is 15.9. The summed E-state index contributed by atoms with van der Waals surface area (Å²) in [6.45, 7) is 6.07. The molecule has 0 saturated heterocycles. The second kappa shape index (κ2) is 12.9. The summed E-state index contributed by atoms with van der Waals surface area (Å²) in [6.07, 6.45) is 6.28. The third kappa shape index (κ3) is 6.19. The number of aryl methyl sites for hydroxylation is 2. The molecule has 1 saturated carbocycles. The van der Waals surface area contributed by atoms with Crippen LogP contribution in [0.25, 0.3) is 11.1 Å². The topological polar surface area (TPSA) is 29.5 Å². The largest absolute Gasteiger partial charge is 0.427 e. The number of rotatable bonds is 8. The van der Waals surface area contributed by atoms with Gasteiger partial charge in [-0.15, -0.1) is 0 Å². The van der Waals surface area contributed by atoms with Gasteiger partial charge < -0.3 is 9.64 Å². The molecular formula is C41H41NO2. The van der Waals surface area contributed by atoms with Crippen molar-refractivity contribution in [2.75, 3.05) is 4.90 Å². The van der Waals surface area contributed by atoms with Gasteiger partial charge in [0.25, 0.3) is 0 Å². The number of benzene rings is 5. The lowest BCUT2D eigenvalue weighted by Gasteiger charge is -2.39. The van der Waals surface area contributed by atoms with Gasteiger partial charge >= 0.3 is 5.97 Å². The second-order valence-corrected chi connectivity index (χ2v) is 12.1. The van der Waals surface area contributed by atoms with Crippen molar-refractivity contribution in [3.05, 3.63) is 144 Å². The zero-order valence-corrected chi connectivity index (χ0v) is 26.1. The van der Waals surface area contributed by atoms with Crippen LogP contribution in [0.2, 0.25) is 0 Å². The maximum absolute atomic E-state index is 11.8. The molecule has 222 valence electrons. The van der Waals surface area contributed by atoms with E-state index >= 15 is 0 Å². The lowest BCUT2D eigenvalue weighted by Crippen LogP contribution is -2.30. The fourth-order valence-electron chi connectivity index (χ4n) is 6.56. The van der Waals surface area contributed by atoms with Crippen LogP contribution in [0.1, 0.15) is 67.7 Å². The first-order valence-electron chi connectivity index (χ1n) is 15.9. The number of carbonyl (C=O) groups is 1. The van der Waals surface area contributed by atoms with Crippen LogP contribution in [0, 0.1) is 13.8 Å². The molecule has 1 aliphatic rings. The molecule has 44 heavy (non-hydrogen) atoms. The molecular weight excluding hydrogens is 538 g/mol. The highest BCUT2D eigenvalue weighted by atomic mass is 16.5. The van der Waals surface area contributed by atoms with E-state index in [4.69, 9.17) is 4.74 Å². The number of anilines is 3. The molecule has 0 unspecified atom stereocenters. The van der Waals surface area contributed by atoms with Gasteiger partial charge in [-0.25, -0.2) is 0 Å². The maximum Gasteiger partial charge on any atom is 0.310 e. The van der Waals surface area contributed by atoms with Gasteiger partial charge in [0.1, 0.15) is 5.75 Å².